The molecule has 172 valence electrons. The molecule has 4 rings (SSSR count). The Morgan fingerprint density at radius 2 is 1.82 bits per heavy atom. The fourth-order valence-corrected chi connectivity index (χ4v) is 4.38. The van der Waals surface area contributed by atoms with Crippen LogP contribution in [0.25, 0.3) is 22.0 Å². The molecular formula is C23H21F2N3O4S. The van der Waals surface area contributed by atoms with Crippen LogP contribution in [-0.4, -0.2) is 32.1 Å². The smallest absolute Gasteiger partial charge is 0.238 e. The molecule has 0 aliphatic carbocycles. The fraction of sp³-hybridized carbons (Fsp3) is 0.174. The number of fused-ring (bicyclic) bond motifs is 1. The van der Waals surface area contributed by atoms with Crippen LogP contribution in [0.2, 0.25) is 0 Å². The third-order valence-corrected chi connectivity index (χ3v) is 6.50. The number of halogens is 2. The third-order valence-electron chi connectivity index (χ3n) is 5.17. The minimum absolute atomic E-state index is 0.160. The van der Waals surface area contributed by atoms with Crippen LogP contribution in [0.5, 0.6) is 17.4 Å². The maximum absolute atomic E-state index is 14.3. The molecule has 1 N–H and O–H groups in total. The maximum atomic E-state index is 14.3. The Morgan fingerprint density at radius 1 is 1.06 bits per heavy atom. The molecule has 0 unspecified atom stereocenters. The highest BCUT2D eigenvalue weighted by molar-refractivity contribution is 7.88. The molecule has 7 nitrogen and oxygen atoms in total. The summed E-state index contributed by atoms with van der Waals surface area (Å²) >= 11 is 0. The first-order chi connectivity index (χ1) is 15.7. The van der Waals surface area contributed by atoms with Gasteiger partial charge in [0, 0.05) is 42.0 Å². The van der Waals surface area contributed by atoms with Gasteiger partial charge in [-0.2, -0.15) is 0 Å². The zero-order valence-corrected chi connectivity index (χ0v) is 18.9. The highest BCUT2D eigenvalue weighted by Crippen LogP contribution is 2.41. The number of methoxy groups -OCH3 is 1. The monoisotopic (exact) mass is 473 g/mol. The molecule has 0 atom stereocenters. The maximum Gasteiger partial charge on any atom is 0.238 e. The molecule has 10 heteroatoms. The molecule has 0 aliphatic rings. The Kier molecular flexibility index (Phi) is 6.05. The van der Waals surface area contributed by atoms with Crippen LogP contribution in [-0.2, 0) is 22.8 Å². The van der Waals surface area contributed by atoms with Crippen molar-refractivity contribution in [1.82, 2.24) is 14.3 Å². The molecule has 2 aromatic carbocycles. The van der Waals surface area contributed by atoms with Crippen LogP contribution >= 0.6 is 0 Å². The van der Waals surface area contributed by atoms with E-state index >= 15 is 0 Å². The molecule has 2 aromatic heterocycles. The van der Waals surface area contributed by atoms with Crippen molar-refractivity contribution in [2.24, 2.45) is 7.05 Å². The molecule has 2 heterocycles. The first-order valence-electron chi connectivity index (χ1n) is 9.88. The number of rotatable bonds is 7. The third kappa shape index (κ3) is 4.53. The average Bonchev–Trinajstić information content (AvgIpc) is 3.13. The largest absolute Gasteiger partial charge is 0.479 e. The standard InChI is InChI=1S/C23H21F2N3O4S/c1-26-33(29,30)13-14-4-6-20(32-21-7-5-15(24)11-19(21)25)17(10-14)18-12-28(2)22-16(18)8-9-27-23(22)31-3/h4-12,26H,13H2,1-3H3. The summed E-state index contributed by atoms with van der Waals surface area (Å²) in [7, 11) is 1.15. The van der Waals surface area contributed by atoms with Gasteiger partial charge in [0.25, 0.3) is 0 Å². The number of pyridine rings is 1. The topological polar surface area (TPSA) is 82.5 Å². The zero-order chi connectivity index (χ0) is 23.8. The number of aromatic nitrogens is 2. The quantitative estimate of drug-likeness (QED) is 0.431. The lowest BCUT2D eigenvalue weighted by Gasteiger charge is -2.14. The predicted molar refractivity (Wildman–Crippen MR) is 121 cm³/mol. The molecule has 0 saturated heterocycles. The van der Waals surface area contributed by atoms with Gasteiger partial charge in [-0.05, 0) is 42.9 Å². The SMILES string of the molecule is CNS(=O)(=O)Cc1ccc(Oc2ccc(F)cc2F)c(-c2cn(C)c3c(OC)nccc23)c1. The van der Waals surface area contributed by atoms with E-state index in [1.54, 1.807) is 30.5 Å². The molecule has 4 aromatic rings. The molecule has 0 amide bonds. The number of ether oxygens (including phenoxy) is 2. The molecule has 0 spiro atoms. The van der Waals surface area contributed by atoms with E-state index in [0.29, 0.717) is 22.6 Å². The Balaban J connectivity index is 1.91. The lowest BCUT2D eigenvalue weighted by atomic mass is 10.0. The lowest BCUT2D eigenvalue weighted by molar-refractivity contribution is 0.401. The van der Waals surface area contributed by atoms with Gasteiger partial charge in [-0.1, -0.05) is 6.07 Å². The van der Waals surface area contributed by atoms with Crippen LogP contribution in [0.15, 0.2) is 54.9 Å². The number of nitrogens with zero attached hydrogens (tertiary/aromatic N) is 2. The van der Waals surface area contributed by atoms with Crippen molar-refractivity contribution in [1.29, 1.82) is 0 Å². The zero-order valence-electron chi connectivity index (χ0n) is 18.1. The normalized spacial score (nSPS) is 11.7. The number of benzene rings is 2. The first-order valence-corrected chi connectivity index (χ1v) is 11.5. The van der Waals surface area contributed by atoms with Gasteiger partial charge in [0.15, 0.2) is 11.6 Å². The summed E-state index contributed by atoms with van der Waals surface area (Å²) in [6.07, 6.45) is 3.43. The lowest BCUT2D eigenvalue weighted by Crippen LogP contribution is -2.20. The summed E-state index contributed by atoms with van der Waals surface area (Å²) in [6.45, 7) is 0. The van der Waals surface area contributed by atoms with Crippen LogP contribution in [0, 0.1) is 11.6 Å². The summed E-state index contributed by atoms with van der Waals surface area (Å²) in [5.41, 5.74) is 2.46. The van der Waals surface area contributed by atoms with Crippen molar-refractivity contribution in [2.45, 2.75) is 5.75 Å². The number of aryl methyl sites for hydroxylation is 1. The van der Waals surface area contributed by atoms with Crippen LogP contribution in [0.4, 0.5) is 8.78 Å². The van der Waals surface area contributed by atoms with E-state index in [1.165, 1.54) is 20.2 Å². The minimum atomic E-state index is -3.53. The Bertz CT molecular complexity index is 1450. The average molecular weight is 474 g/mol. The van der Waals surface area contributed by atoms with Crippen molar-refractivity contribution in [3.05, 3.63) is 72.1 Å². The molecule has 0 aliphatic heterocycles. The van der Waals surface area contributed by atoms with E-state index in [4.69, 9.17) is 9.47 Å². The van der Waals surface area contributed by atoms with Gasteiger partial charge < -0.3 is 14.0 Å². The van der Waals surface area contributed by atoms with Crippen LogP contribution < -0.4 is 14.2 Å². The Hall–Kier alpha value is -3.50. The van der Waals surface area contributed by atoms with Gasteiger partial charge >= 0.3 is 0 Å². The molecular weight excluding hydrogens is 452 g/mol. The van der Waals surface area contributed by atoms with Crippen molar-refractivity contribution in [2.75, 3.05) is 14.2 Å². The minimum Gasteiger partial charge on any atom is -0.479 e. The molecule has 0 fully saturated rings. The van der Waals surface area contributed by atoms with Crippen molar-refractivity contribution in [3.63, 3.8) is 0 Å². The van der Waals surface area contributed by atoms with Gasteiger partial charge in [0.2, 0.25) is 15.9 Å². The van der Waals surface area contributed by atoms with E-state index in [-0.39, 0.29) is 17.3 Å². The van der Waals surface area contributed by atoms with Gasteiger partial charge in [-0.3, -0.25) is 0 Å². The summed E-state index contributed by atoms with van der Waals surface area (Å²) in [6, 6.07) is 9.65. The van der Waals surface area contributed by atoms with E-state index in [0.717, 1.165) is 23.0 Å². The first kappa shape index (κ1) is 22.7. The van der Waals surface area contributed by atoms with Gasteiger partial charge in [-0.15, -0.1) is 0 Å². The van der Waals surface area contributed by atoms with Gasteiger partial charge in [0.05, 0.1) is 12.9 Å². The number of hydrogen-bond donors (Lipinski definition) is 1. The second-order valence-corrected chi connectivity index (χ2v) is 9.27. The number of hydrogen-bond acceptors (Lipinski definition) is 5. The molecule has 0 saturated carbocycles. The van der Waals surface area contributed by atoms with E-state index in [1.807, 2.05) is 17.8 Å². The fourth-order valence-electron chi connectivity index (χ4n) is 3.62. The summed E-state index contributed by atoms with van der Waals surface area (Å²) in [4.78, 5) is 4.23. The van der Waals surface area contributed by atoms with Gasteiger partial charge in [0.1, 0.15) is 17.1 Å². The van der Waals surface area contributed by atoms with Crippen LogP contribution in [0.3, 0.4) is 0 Å². The van der Waals surface area contributed by atoms with E-state index < -0.39 is 21.7 Å². The second kappa shape index (κ2) is 8.80. The van der Waals surface area contributed by atoms with E-state index in [9.17, 15) is 17.2 Å². The predicted octanol–water partition coefficient (Wildman–Crippen LogP) is 4.37. The Labute approximate surface area is 189 Å². The molecule has 33 heavy (non-hydrogen) atoms. The molecule has 0 bridgehead atoms. The summed E-state index contributed by atoms with van der Waals surface area (Å²) in [5, 5.41) is 0.780. The highest BCUT2D eigenvalue weighted by Gasteiger charge is 2.20. The van der Waals surface area contributed by atoms with Crippen molar-refractivity contribution < 1.29 is 26.7 Å². The van der Waals surface area contributed by atoms with Gasteiger partial charge in [-0.25, -0.2) is 26.9 Å². The van der Waals surface area contributed by atoms with Crippen LogP contribution in [0.1, 0.15) is 5.56 Å². The van der Waals surface area contributed by atoms with Crippen molar-refractivity contribution in [3.8, 4) is 28.5 Å². The van der Waals surface area contributed by atoms with E-state index in [2.05, 4.69) is 9.71 Å². The number of nitrogens with one attached hydrogen (secondary N) is 1. The van der Waals surface area contributed by atoms with Crippen molar-refractivity contribution >= 4 is 20.9 Å². The molecule has 0 radical (unpaired) electrons. The number of sulfonamides is 1. The second-order valence-electron chi connectivity index (χ2n) is 7.34. The highest BCUT2D eigenvalue weighted by atomic mass is 32.2. The Morgan fingerprint density at radius 3 is 2.52 bits per heavy atom. The summed E-state index contributed by atoms with van der Waals surface area (Å²) in [5.74, 6) is -1.30. The summed E-state index contributed by atoms with van der Waals surface area (Å²) < 4.78 is 67.2.